The van der Waals surface area contributed by atoms with Crippen molar-refractivity contribution in [2.75, 3.05) is 0 Å². The first kappa shape index (κ1) is 40.5. The van der Waals surface area contributed by atoms with Gasteiger partial charge in [0.15, 0.2) is 0 Å². The van der Waals surface area contributed by atoms with E-state index >= 15 is 0 Å². The van der Waals surface area contributed by atoms with Crippen molar-refractivity contribution in [3.05, 3.63) is 214 Å². The molecule has 0 spiro atoms. The summed E-state index contributed by atoms with van der Waals surface area (Å²) in [7, 11) is 0. The number of hydrogen-bond donors (Lipinski definition) is 0. The van der Waals surface area contributed by atoms with E-state index in [4.69, 9.17) is 0 Å². The van der Waals surface area contributed by atoms with Gasteiger partial charge in [-0.2, -0.15) is 0 Å². The van der Waals surface area contributed by atoms with Gasteiger partial charge in [-0.1, -0.05) is 0 Å². The zero-order valence-corrected chi connectivity index (χ0v) is 40.4. The Labute approximate surface area is 366 Å². The molecule has 0 heterocycles. The van der Waals surface area contributed by atoms with Gasteiger partial charge in [0.1, 0.15) is 0 Å². The third-order valence-electron chi connectivity index (χ3n) is 11.2. The van der Waals surface area contributed by atoms with Crippen LogP contribution in [-0.4, -0.2) is 6.51 Å². The molecule has 0 nitrogen and oxygen atoms in total. The largest absolute Gasteiger partial charge is 1.00 e. The van der Waals surface area contributed by atoms with Crippen LogP contribution >= 0.6 is 0 Å². The molecule has 0 fully saturated rings. The van der Waals surface area contributed by atoms with E-state index in [0.29, 0.717) is 0 Å². The fourth-order valence-electron chi connectivity index (χ4n) is 8.43. The first-order chi connectivity index (χ1) is 26.6. The Bertz CT molecular complexity index is 2420. The zero-order chi connectivity index (χ0) is 36.4. The summed E-state index contributed by atoms with van der Waals surface area (Å²) < 4.78 is 6.68. The molecule has 0 unspecified atom stereocenters. The van der Waals surface area contributed by atoms with Crippen LogP contribution in [-0.2, 0) is 57.7 Å². The first-order valence-corrected chi connectivity index (χ1v) is 26.3. The predicted octanol–water partition coefficient (Wildman–Crippen LogP) is 5.11. The average Bonchev–Trinajstić information content (AvgIpc) is 4.06. The van der Waals surface area contributed by atoms with Crippen molar-refractivity contribution < 1.29 is 69.7 Å². The minimum atomic E-state index is -1.15. The van der Waals surface area contributed by atoms with Crippen molar-refractivity contribution >= 4 is 24.3 Å². The summed E-state index contributed by atoms with van der Waals surface area (Å²) in [6, 6.07) is 49.4. The monoisotopic (exact) mass is 1100 g/mol. The van der Waals surface area contributed by atoms with Crippen molar-refractivity contribution in [1.82, 2.24) is 0 Å². The van der Waals surface area contributed by atoms with Crippen molar-refractivity contribution in [2.45, 2.75) is 39.5 Å². The van der Waals surface area contributed by atoms with E-state index in [9.17, 15) is 0 Å². The van der Waals surface area contributed by atoms with Crippen LogP contribution < -0.4 is 31.5 Å². The maximum atomic E-state index is 2.40. The van der Waals surface area contributed by atoms with Gasteiger partial charge in [-0.3, -0.25) is 0 Å². The topological polar surface area (TPSA) is 0 Å². The molecule has 10 rings (SSSR count). The van der Waals surface area contributed by atoms with Crippen LogP contribution in [0.3, 0.4) is 0 Å². The molecule has 0 aliphatic heterocycles. The summed E-state index contributed by atoms with van der Waals surface area (Å²) in [4.78, 5) is 0. The normalized spacial score (nSPS) is 14.0. The molecule has 0 saturated heterocycles. The van der Waals surface area contributed by atoms with E-state index < -0.39 is 44.8 Å². The van der Waals surface area contributed by atoms with Crippen molar-refractivity contribution in [1.29, 1.82) is 0 Å². The molecule has 0 aromatic heterocycles. The molecule has 4 aliphatic rings. The SMILES string of the molecule is C/[C](=[Hf+]\[c]1c(C2=CC=CC2)ccc2c1Cc1ccccc1-2)c1ccccc1.C/[C](=[Hf+]\[c]1c(C2=CC=CC2)ccc2c1Cc1ccccc1-2)c1ccccc1.[Cl-].[Cl-]. The van der Waals surface area contributed by atoms with Gasteiger partial charge >= 0.3 is 345 Å². The summed E-state index contributed by atoms with van der Waals surface area (Å²) in [5, 5.41) is 0. The number of halogens is 2. The summed E-state index contributed by atoms with van der Waals surface area (Å²) in [5.74, 6) is 0. The number of benzene rings is 6. The van der Waals surface area contributed by atoms with Crippen LogP contribution in [0.1, 0.15) is 71.2 Å². The van der Waals surface area contributed by atoms with E-state index in [2.05, 4.69) is 184 Å². The number of hydrogen-bond acceptors (Lipinski definition) is 0. The number of rotatable bonds is 6. The molecule has 4 heteroatoms. The molecule has 56 heavy (non-hydrogen) atoms. The number of allylic oxidation sites excluding steroid dienone is 8. The van der Waals surface area contributed by atoms with Crippen LogP contribution in [0.4, 0.5) is 0 Å². The summed E-state index contributed by atoms with van der Waals surface area (Å²) in [5.41, 5.74) is 20.9. The van der Waals surface area contributed by atoms with Crippen LogP contribution in [0, 0.1) is 0 Å². The van der Waals surface area contributed by atoms with E-state index in [1.807, 2.05) is 0 Å². The second-order valence-corrected chi connectivity index (χ2v) is 25.4. The Kier molecular flexibility index (Phi) is 13.2. The third kappa shape index (κ3) is 8.19. The summed E-state index contributed by atoms with van der Waals surface area (Å²) in [6.07, 6.45) is 18.0. The van der Waals surface area contributed by atoms with Crippen molar-refractivity contribution in [3.8, 4) is 22.3 Å². The molecule has 0 atom stereocenters. The molecule has 6 aromatic carbocycles. The zero-order valence-electron chi connectivity index (χ0n) is 31.8. The Morgan fingerprint density at radius 3 is 1.18 bits per heavy atom. The van der Waals surface area contributed by atoms with E-state index in [-0.39, 0.29) is 24.8 Å². The fourth-order valence-corrected chi connectivity index (χ4v) is 18.8. The van der Waals surface area contributed by atoms with Gasteiger partial charge in [-0.25, -0.2) is 0 Å². The van der Waals surface area contributed by atoms with Gasteiger partial charge < -0.3 is 24.8 Å². The molecular weight excluding hydrogens is 1050 g/mol. The minimum absolute atomic E-state index is 0. The number of fused-ring (bicyclic) bond motifs is 6. The van der Waals surface area contributed by atoms with Crippen LogP contribution in [0.25, 0.3) is 33.4 Å². The quantitative estimate of drug-likeness (QED) is 0.204. The van der Waals surface area contributed by atoms with E-state index in [1.165, 1.54) is 66.8 Å². The van der Waals surface area contributed by atoms with Gasteiger partial charge in [-0.15, -0.1) is 0 Å². The molecular formula is C52H42Cl2Hf2. The summed E-state index contributed by atoms with van der Waals surface area (Å²) in [6.45, 7) is 4.73. The second-order valence-electron chi connectivity index (χ2n) is 14.6. The molecule has 6 aromatic rings. The summed E-state index contributed by atoms with van der Waals surface area (Å²) >= 11 is -2.31. The molecule has 4 aliphatic carbocycles. The van der Waals surface area contributed by atoms with E-state index in [1.54, 1.807) is 24.3 Å². The maximum Gasteiger partial charge on any atom is -1.00 e. The Morgan fingerprint density at radius 1 is 0.411 bits per heavy atom. The van der Waals surface area contributed by atoms with E-state index in [0.717, 1.165) is 25.7 Å². The maximum absolute atomic E-state index is 2.40. The standard InChI is InChI=1S/2C18H13.2C8H8.2ClH.2Hf/c2*1-2-6-13(5-1)14-9-10-18-16(11-14)12-15-7-3-4-8-17(15)18;2*1-2-8-6-4-3-5-7-8;;;;/h2*1-5,7-10H,6,12H2;2*3-7H,1H3;2*1H;;/q;;;;;;2*+1/p-2. The molecule has 0 radical (unpaired) electrons. The molecule has 0 N–H and O–H groups in total. The smallest absolute Gasteiger partial charge is 1.00 e. The van der Waals surface area contributed by atoms with Gasteiger partial charge in [0.05, 0.1) is 0 Å². The molecule has 0 bridgehead atoms. The predicted molar refractivity (Wildman–Crippen MR) is 225 cm³/mol. The Hall–Kier alpha value is -3.66. The van der Waals surface area contributed by atoms with Gasteiger partial charge in [0.2, 0.25) is 0 Å². The van der Waals surface area contributed by atoms with Crippen LogP contribution in [0.5, 0.6) is 0 Å². The second kappa shape index (κ2) is 18.3. The van der Waals surface area contributed by atoms with Crippen LogP contribution in [0.2, 0.25) is 0 Å². The molecule has 0 amide bonds. The molecule has 0 saturated carbocycles. The minimum Gasteiger partial charge on any atom is -1.00 e. The first-order valence-electron chi connectivity index (χ1n) is 19.1. The molecule has 272 valence electrons. The van der Waals surface area contributed by atoms with Crippen molar-refractivity contribution in [2.24, 2.45) is 0 Å². The Balaban J connectivity index is 0.000000166. The fraction of sp³-hybridized carbons (Fsp3) is 0.115. The third-order valence-corrected chi connectivity index (χ3v) is 21.9. The average molecular weight is 1090 g/mol. The van der Waals surface area contributed by atoms with Gasteiger partial charge in [0, 0.05) is 0 Å². The Morgan fingerprint density at radius 2 is 0.786 bits per heavy atom. The van der Waals surface area contributed by atoms with Crippen molar-refractivity contribution in [3.63, 3.8) is 0 Å². The van der Waals surface area contributed by atoms with Gasteiger partial charge in [0.25, 0.3) is 0 Å². The van der Waals surface area contributed by atoms with Crippen LogP contribution in [0.15, 0.2) is 170 Å². The van der Waals surface area contributed by atoms with Gasteiger partial charge in [-0.05, 0) is 0 Å².